The highest BCUT2D eigenvalue weighted by atomic mass is 32.2. The van der Waals surface area contributed by atoms with Crippen molar-refractivity contribution in [3.05, 3.63) is 18.2 Å². The molecule has 28 heavy (non-hydrogen) atoms. The molecule has 4 rings (SSSR count). The van der Waals surface area contributed by atoms with Crippen LogP contribution in [0.4, 0.5) is 5.69 Å². The number of nitrogens with one attached hydrogen (secondary N) is 2. The highest BCUT2D eigenvalue weighted by Gasteiger charge is 2.31. The van der Waals surface area contributed by atoms with Gasteiger partial charge in [0, 0.05) is 25.0 Å². The van der Waals surface area contributed by atoms with E-state index in [1.54, 1.807) is 6.07 Å². The number of carbonyl (C=O) groups is 2. The molecule has 0 radical (unpaired) electrons. The minimum Gasteiger partial charge on any atom is -0.482 e. The van der Waals surface area contributed by atoms with Gasteiger partial charge in [0.15, 0.2) is 6.61 Å². The van der Waals surface area contributed by atoms with E-state index in [-0.39, 0.29) is 35.3 Å². The van der Waals surface area contributed by atoms with Crippen LogP contribution in [0.15, 0.2) is 23.1 Å². The minimum atomic E-state index is -3.72. The van der Waals surface area contributed by atoms with Crippen molar-refractivity contribution < 1.29 is 22.7 Å². The molecule has 2 aliphatic heterocycles. The maximum atomic E-state index is 12.7. The topological polar surface area (TPSA) is 105 Å². The Morgan fingerprint density at radius 2 is 1.86 bits per heavy atom. The van der Waals surface area contributed by atoms with Crippen LogP contribution in [0, 0.1) is 5.92 Å². The molecule has 1 aliphatic carbocycles. The Kier molecular flexibility index (Phi) is 5.29. The zero-order chi connectivity index (χ0) is 19.7. The second-order valence-corrected chi connectivity index (χ2v) is 9.41. The van der Waals surface area contributed by atoms with Crippen LogP contribution in [0.2, 0.25) is 0 Å². The van der Waals surface area contributed by atoms with E-state index in [0.717, 1.165) is 25.7 Å². The molecule has 9 heteroatoms. The van der Waals surface area contributed by atoms with E-state index in [4.69, 9.17) is 4.74 Å². The van der Waals surface area contributed by atoms with E-state index in [1.165, 1.54) is 12.1 Å². The predicted octanol–water partition coefficient (Wildman–Crippen LogP) is 1.48. The summed E-state index contributed by atoms with van der Waals surface area (Å²) in [6, 6.07) is 4.22. The maximum Gasteiger partial charge on any atom is 0.262 e. The van der Waals surface area contributed by atoms with Gasteiger partial charge in [-0.25, -0.2) is 13.1 Å². The van der Waals surface area contributed by atoms with Gasteiger partial charge < -0.3 is 15.0 Å². The van der Waals surface area contributed by atoms with Gasteiger partial charge in [-0.05, 0) is 43.9 Å². The Bertz CT molecular complexity index is 872. The monoisotopic (exact) mass is 407 g/mol. The van der Waals surface area contributed by atoms with Crippen molar-refractivity contribution >= 4 is 27.5 Å². The van der Waals surface area contributed by atoms with E-state index >= 15 is 0 Å². The number of fused-ring (bicyclic) bond motifs is 1. The van der Waals surface area contributed by atoms with Gasteiger partial charge in [-0.1, -0.05) is 12.8 Å². The average Bonchev–Trinajstić information content (AvgIpc) is 3.22. The molecular formula is C19H25N3O5S. The Labute approximate surface area is 164 Å². The number of amides is 2. The lowest BCUT2D eigenvalue weighted by Gasteiger charge is -2.33. The Hall–Kier alpha value is -2.13. The van der Waals surface area contributed by atoms with Crippen molar-refractivity contribution in [2.45, 2.75) is 49.5 Å². The third-order valence-electron chi connectivity index (χ3n) is 5.73. The molecule has 0 spiro atoms. The zero-order valence-electron chi connectivity index (χ0n) is 15.6. The first-order chi connectivity index (χ1) is 13.4. The number of ether oxygens (including phenoxy) is 1. The summed E-state index contributed by atoms with van der Waals surface area (Å²) >= 11 is 0. The van der Waals surface area contributed by atoms with Crippen LogP contribution in [0.5, 0.6) is 5.75 Å². The number of rotatable bonds is 4. The van der Waals surface area contributed by atoms with Crippen molar-refractivity contribution in [2.75, 3.05) is 25.0 Å². The second kappa shape index (κ2) is 7.71. The molecule has 0 aromatic heterocycles. The number of hydrogen-bond donors (Lipinski definition) is 2. The summed E-state index contributed by atoms with van der Waals surface area (Å²) in [5.41, 5.74) is 0.358. The fourth-order valence-corrected chi connectivity index (χ4v) is 5.50. The first kappa shape index (κ1) is 19.2. The molecule has 1 saturated carbocycles. The first-order valence-electron chi connectivity index (χ1n) is 9.80. The van der Waals surface area contributed by atoms with Gasteiger partial charge in [-0.15, -0.1) is 0 Å². The summed E-state index contributed by atoms with van der Waals surface area (Å²) in [5.74, 6) is 0.525. The van der Waals surface area contributed by atoms with Crippen LogP contribution in [0.25, 0.3) is 0 Å². The molecular weight excluding hydrogens is 382 g/mol. The third-order valence-corrected chi connectivity index (χ3v) is 7.25. The van der Waals surface area contributed by atoms with E-state index in [1.807, 2.05) is 4.90 Å². The number of nitrogens with zero attached hydrogens (tertiary/aromatic N) is 1. The average molecular weight is 407 g/mol. The van der Waals surface area contributed by atoms with Crippen LogP contribution in [-0.2, 0) is 19.6 Å². The number of likely N-dealkylation sites (tertiary alicyclic amines) is 1. The molecule has 0 atom stereocenters. The van der Waals surface area contributed by atoms with Gasteiger partial charge in [0.1, 0.15) is 5.75 Å². The van der Waals surface area contributed by atoms with Gasteiger partial charge in [0.2, 0.25) is 15.9 Å². The fourth-order valence-electron chi connectivity index (χ4n) is 4.17. The molecule has 3 aliphatic rings. The smallest absolute Gasteiger partial charge is 0.262 e. The largest absolute Gasteiger partial charge is 0.482 e. The molecule has 1 saturated heterocycles. The van der Waals surface area contributed by atoms with E-state index in [2.05, 4.69) is 10.0 Å². The number of carbonyl (C=O) groups excluding carboxylic acids is 2. The predicted molar refractivity (Wildman–Crippen MR) is 102 cm³/mol. The third kappa shape index (κ3) is 4.00. The molecule has 2 amide bonds. The van der Waals surface area contributed by atoms with Gasteiger partial charge in [-0.2, -0.15) is 0 Å². The van der Waals surface area contributed by atoms with Crippen molar-refractivity contribution in [1.82, 2.24) is 9.62 Å². The Morgan fingerprint density at radius 1 is 1.14 bits per heavy atom. The lowest BCUT2D eigenvalue weighted by Crippen LogP contribution is -2.47. The van der Waals surface area contributed by atoms with Gasteiger partial charge in [-0.3, -0.25) is 9.59 Å². The van der Waals surface area contributed by atoms with E-state index < -0.39 is 10.0 Å². The lowest BCUT2D eigenvalue weighted by atomic mass is 10.0. The van der Waals surface area contributed by atoms with Crippen molar-refractivity contribution in [1.29, 1.82) is 0 Å². The second-order valence-electron chi connectivity index (χ2n) is 7.70. The molecule has 152 valence electrons. The maximum absolute atomic E-state index is 12.7. The van der Waals surface area contributed by atoms with Crippen LogP contribution >= 0.6 is 0 Å². The quantitative estimate of drug-likeness (QED) is 0.787. The molecule has 1 aromatic rings. The fraction of sp³-hybridized carbons (Fsp3) is 0.579. The van der Waals surface area contributed by atoms with Crippen LogP contribution in [0.1, 0.15) is 38.5 Å². The van der Waals surface area contributed by atoms with Crippen LogP contribution in [-0.4, -0.2) is 50.9 Å². The zero-order valence-corrected chi connectivity index (χ0v) is 16.5. The standard InChI is InChI=1S/C19H25N3O5S/c23-18-12-27-17-6-5-15(11-16(17)20-18)28(25,26)21-14-7-9-22(10-8-14)19(24)13-3-1-2-4-13/h5-6,11,13-14,21H,1-4,7-10,12H2,(H,20,23). The highest BCUT2D eigenvalue weighted by Crippen LogP contribution is 2.31. The summed E-state index contributed by atoms with van der Waals surface area (Å²) in [6.45, 7) is 1.09. The molecule has 0 bridgehead atoms. The van der Waals surface area contributed by atoms with Gasteiger partial charge in [0.05, 0.1) is 10.6 Å². The molecule has 2 N–H and O–H groups in total. The molecule has 2 fully saturated rings. The van der Waals surface area contributed by atoms with Crippen molar-refractivity contribution in [3.63, 3.8) is 0 Å². The SMILES string of the molecule is O=C1COc2ccc(S(=O)(=O)NC3CCN(C(=O)C4CCCC4)CC3)cc2N1. The summed E-state index contributed by atoms with van der Waals surface area (Å²) in [7, 11) is -3.72. The summed E-state index contributed by atoms with van der Waals surface area (Å²) in [6.07, 6.45) is 5.40. The molecule has 8 nitrogen and oxygen atoms in total. The van der Waals surface area contributed by atoms with Crippen molar-refractivity contribution in [2.24, 2.45) is 5.92 Å². The van der Waals surface area contributed by atoms with Gasteiger partial charge >= 0.3 is 0 Å². The lowest BCUT2D eigenvalue weighted by molar-refractivity contribution is -0.136. The van der Waals surface area contributed by atoms with E-state index in [9.17, 15) is 18.0 Å². The van der Waals surface area contributed by atoms with E-state index in [0.29, 0.717) is 37.4 Å². The number of benzene rings is 1. The number of anilines is 1. The summed E-state index contributed by atoms with van der Waals surface area (Å²) in [5, 5.41) is 2.62. The van der Waals surface area contributed by atoms with Crippen LogP contribution in [0.3, 0.4) is 0 Å². The summed E-state index contributed by atoms with van der Waals surface area (Å²) < 4.78 is 33.5. The summed E-state index contributed by atoms with van der Waals surface area (Å²) in [4.78, 5) is 25.9. The number of hydrogen-bond acceptors (Lipinski definition) is 5. The molecule has 1 aromatic carbocycles. The Morgan fingerprint density at radius 3 is 2.57 bits per heavy atom. The normalized spacial score (nSPS) is 21.1. The minimum absolute atomic E-state index is 0.0739. The molecule has 2 heterocycles. The van der Waals surface area contributed by atoms with Crippen molar-refractivity contribution in [3.8, 4) is 5.75 Å². The highest BCUT2D eigenvalue weighted by molar-refractivity contribution is 7.89. The Balaban J connectivity index is 1.37. The number of piperidine rings is 1. The van der Waals surface area contributed by atoms with Gasteiger partial charge in [0.25, 0.3) is 5.91 Å². The molecule has 0 unspecified atom stereocenters. The first-order valence-corrected chi connectivity index (χ1v) is 11.3. The number of sulfonamides is 1. The van der Waals surface area contributed by atoms with Crippen LogP contribution < -0.4 is 14.8 Å².